The van der Waals surface area contributed by atoms with E-state index in [-0.39, 0.29) is 0 Å². The van der Waals surface area contributed by atoms with Crippen molar-refractivity contribution in [2.24, 2.45) is 0 Å². The van der Waals surface area contributed by atoms with E-state index in [2.05, 4.69) is 26.1 Å². The van der Waals surface area contributed by atoms with Crippen molar-refractivity contribution in [3.63, 3.8) is 0 Å². The van der Waals surface area contributed by atoms with Crippen LogP contribution >= 0.6 is 0 Å². The largest absolute Gasteiger partial charge is 0.494 e. The van der Waals surface area contributed by atoms with Gasteiger partial charge in [0.05, 0.1) is 13.2 Å². The van der Waals surface area contributed by atoms with Crippen LogP contribution in [0.15, 0.2) is 24.3 Å². The van der Waals surface area contributed by atoms with Crippen molar-refractivity contribution in [2.75, 3.05) is 19.8 Å². The van der Waals surface area contributed by atoms with Crippen molar-refractivity contribution in [1.29, 1.82) is 0 Å². The van der Waals surface area contributed by atoms with Crippen molar-refractivity contribution in [3.05, 3.63) is 24.3 Å². The predicted molar refractivity (Wildman–Crippen MR) is 80.1 cm³/mol. The van der Waals surface area contributed by atoms with E-state index in [1.165, 1.54) is 6.42 Å². The Morgan fingerprint density at radius 2 is 1.53 bits per heavy atom. The number of nitrogens with one attached hydrogen (secondary N) is 1. The molecule has 1 aromatic carbocycles. The molecule has 1 aromatic rings. The van der Waals surface area contributed by atoms with E-state index in [0.717, 1.165) is 44.1 Å². The second-order valence-electron chi connectivity index (χ2n) is 4.81. The van der Waals surface area contributed by atoms with Gasteiger partial charge in [0.15, 0.2) is 0 Å². The molecule has 0 bridgehead atoms. The second kappa shape index (κ2) is 9.68. The highest BCUT2D eigenvalue weighted by atomic mass is 16.5. The van der Waals surface area contributed by atoms with Crippen LogP contribution in [-0.2, 0) is 0 Å². The number of ether oxygens (including phenoxy) is 2. The summed E-state index contributed by atoms with van der Waals surface area (Å²) >= 11 is 0. The van der Waals surface area contributed by atoms with E-state index in [9.17, 15) is 0 Å². The molecule has 0 aliphatic carbocycles. The van der Waals surface area contributed by atoms with Crippen LogP contribution < -0.4 is 14.8 Å². The Bertz CT molecular complexity index is 324. The first-order valence-electron chi connectivity index (χ1n) is 7.35. The summed E-state index contributed by atoms with van der Waals surface area (Å²) in [6.45, 7) is 9.06. The van der Waals surface area contributed by atoms with Crippen molar-refractivity contribution in [1.82, 2.24) is 5.32 Å². The molecule has 1 N–H and O–H groups in total. The van der Waals surface area contributed by atoms with Gasteiger partial charge in [-0.3, -0.25) is 0 Å². The van der Waals surface area contributed by atoms with E-state index in [1.807, 2.05) is 24.3 Å². The standard InChI is InChI=1S/C16H27NO2/c1-4-11-17-14(3)10-13-19-16-8-6-15(7-9-16)18-12-5-2/h6-9,14,17H,4-5,10-13H2,1-3H3. The summed E-state index contributed by atoms with van der Waals surface area (Å²) in [4.78, 5) is 0. The van der Waals surface area contributed by atoms with Crippen LogP contribution in [0.5, 0.6) is 11.5 Å². The van der Waals surface area contributed by atoms with Crippen LogP contribution in [0.4, 0.5) is 0 Å². The molecular formula is C16H27NO2. The van der Waals surface area contributed by atoms with Gasteiger partial charge < -0.3 is 14.8 Å². The lowest BCUT2D eigenvalue weighted by molar-refractivity contribution is 0.288. The van der Waals surface area contributed by atoms with Gasteiger partial charge in [0, 0.05) is 6.04 Å². The average molecular weight is 265 g/mol. The van der Waals surface area contributed by atoms with Crippen molar-refractivity contribution < 1.29 is 9.47 Å². The van der Waals surface area contributed by atoms with E-state index >= 15 is 0 Å². The Morgan fingerprint density at radius 3 is 2.05 bits per heavy atom. The molecule has 0 aromatic heterocycles. The maximum absolute atomic E-state index is 5.72. The first-order valence-corrected chi connectivity index (χ1v) is 7.35. The molecule has 108 valence electrons. The maximum Gasteiger partial charge on any atom is 0.119 e. The van der Waals surface area contributed by atoms with Gasteiger partial charge in [0.2, 0.25) is 0 Å². The lowest BCUT2D eigenvalue weighted by Crippen LogP contribution is -2.28. The molecule has 0 saturated heterocycles. The molecule has 1 atom stereocenters. The molecule has 0 amide bonds. The van der Waals surface area contributed by atoms with Gasteiger partial charge in [-0.25, -0.2) is 0 Å². The van der Waals surface area contributed by atoms with Gasteiger partial charge in [0.25, 0.3) is 0 Å². The van der Waals surface area contributed by atoms with Crippen molar-refractivity contribution in [2.45, 2.75) is 46.1 Å². The summed E-state index contributed by atoms with van der Waals surface area (Å²) < 4.78 is 11.3. The van der Waals surface area contributed by atoms with E-state index in [4.69, 9.17) is 9.47 Å². The molecule has 0 saturated carbocycles. The van der Waals surface area contributed by atoms with E-state index < -0.39 is 0 Å². The van der Waals surface area contributed by atoms with Gasteiger partial charge in [-0.2, -0.15) is 0 Å². The van der Waals surface area contributed by atoms with Gasteiger partial charge in [-0.15, -0.1) is 0 Å². The lowest BCUT2D eigenvalue weighted by Gasteiger charge is -2.14. The molecule has 1 unspecified atom stereocenters. The Labute approximate surface area is 117 Å². The third-order valence-electron chi connectivity index (χ3n) is 2.86. The van der Waals surface area contributed by atoms with Gasteiger partial charge in [0.1, 0.15) is 11.5 Å². The van der Waals surface area contributed by atoms with Gasteiger partial charge in [-0.1, -0.05) is 13.8 Å². The summed E-state index contributed by atoms with van der Waals surface area (Å²) in [7, 11) is 0. The van der Waals surface area contributed by atoms with Crippen LogP contribution in [0.3, 0.4) is 0 Å². The fourth-order valence-electron chi connectivity index (χ4n) is 1.70. The highest BCUT2D eigenvalue weighted by molar-refractivity contribution is 5.31. The van der Waals surface area contributed by atoms with Crippen LogP contribution in [0.2, 0.25) is 0 Å². The van der Waals surface area contributed by atoms with Crippen molar-refractivity contribution >= 4 is 0 Å². The van der Waals surface area contributed by atoms with E-state index in [0.29, 0.717) is 6.04 Å². The van der Waals surface area contributed by atoms with Crippen molar-refractivity contribution in [3.8, 4) is 11.5 Å². The minimum atomic E-state index is 0.507. The summed E-state index contributed by atoms with van der Waals surface area (Å²) in [6.07, 6.45) is 3.22. The van der Waals surface area contributed by atoms with Crippen LogP contribution in [-0.4, -0.2) is 25.8 Å². The fraction of sp³-hybridized carbons (Fsp3) is 0.625. The summed E-state index contributed by atoms with van der Waals surface area (Å²) in [5, 5.41) is 3.45. The van der Waals surface area contributed by atoms with Gasteiger partial charge in [-0.05, 0) is 57.0 Å². The molecule has 0 aliphatic rings. The minimum Gasteiger partial charge on any atom is -0.494 e. The summed E-state index contributed by atoms with van der Waals surface area (Å²) in [5.41, 5.74) is 0. The summed E-state index contributed by atoms with van der Waals surface area (Å²) in [5.74, 6) is 1.82. The molecule has 0 radical (unpaired) electrons. The first-order chi connectivity index (χ1) is 9.26. The Morgan fingerprint density at radius 1 is 0.947 bits per heavy atom. The molecule has 3 heteroatoms. The molecule has 0 fully saturated rings. The maximum atomic E-state index is 5.72. The molecule has 0 aliphatic heterocycles. The van der Waals surface area contributed by atoms with Crippen LogP contribution in [0.1, 0.15) is 40.0 Å². The molecule has 3 nitrogen and oxygen atoms in total. The molecule has 0 heterocycles. The smallest absolute Gasteiger partial charge is 0.119 e. The minimum absolute atomic E-state index is 0.507. The number of benzene rings is 1. The number of rotatable bonds is 10. The van der Waals surface area contributed by atoms with Crippen LogP contribution in [0.25, 0.3) is 0 Å². The number of hydrogen-bond donors (Lipinski definition) is 1. The molecular weight excluding hydrogens is 238 g/mol. The molecule has 1 rings (SSSR count). The topological polar surface area (TPSA) is 30.5 Å². The SMILES string of the molecule is CCCNC(C)CCOc1ccc(OCCC)cc1. The zero-order chi connectivity index (χ0) is 13.9. The van der Waals surface area contributed by atoms with E-state index in [1.54, 1.807) is 0 Å². The highest BCUT2D eigenvalue weighted by Crippen LogP contribution is 2.17. The third kappa shape index (κ3) is 7.06. The monoisotopic (exact) mass is 265 g/mol. The molecule has 0 spiro atoms. The highest BCUT2D eigenvalue weighted by Gasteiger charge is 2.01. The fourth-order valence-corrected chi connectivity index (χ4v) is 1.70. The first kappa shape index (κ1) is 15.8. The Hall–Kier alpha value is -1.22. The lowest BCUT2D eigenvalue weighted by atomic mass is 10.2. The van der Waals surface area contributed by atoms with Crippen LogP contribution in [0, 0.1) is 0 Å². The Balaban J connectivity index is 2.22. The second-order valence-corrected chi connectivity index (χ2v) is 4.81. The average Bonchev–Trinajstić information content (AvgIpc) is 2.44. The Kier molecular flexibility index (Phi) is 8.07. The quantitative estimate of drug-likeness (QED) is 0.700. The third-order valence-corrected chi connectivity index (χ3v) is 2.86. The number of hydrogen-bond acceptors (Lipinski definition) is 3. The molecule has 19 heavy (non-hydrogen) atoms. The predicted octanol–water partition coefficient (Wildman–Crippen LogP) is 3.63. The summed E-state index contributed by atoms with van der Waals surface area (Å²) in [6, 6.07) is 8.37. The zero-order valence-electron chi connectivity index (χ0n) is 12.4. The van der Waals surface area contributed by atoms with Gasteiger partial charge >= 0.3 is 0 Å². The zero-order valence-corrected chi connectivity index (χ0v) is 12.4. The normalized spacial score (nSPS) is 12.2.